The fourth-order valence-corrected chi connectivity index (χ4v) is 3.29. The van der Waals surface area contributed by atoms with Crippen LogP contribution in [0.1, 0.15) is 51.9 Å². The molecule has 3 heteroatoms. The minimum atomic E-state index is 0.329. The third-order valence-electron chi connectivity index (χ3n) is 4.10. The molecule has 2 rings (SSSR count). The van der Waals surface area contributed by atoms with E-state index in [0.717, 1.165) is 12.6 Å². The predicted octanol–water partition coefficient (Wildman–Crippen LogP) is 2.01. The first-order valence-electron chi connectivity index (χ1n) is 7.01. The molecule has 2 saturated heterocycles. The van der Waals surface area contributed by atoms with E-state index in [4.69, 9.17) is 0 Å². The second-order valence-electron chi connectivity index (χ2n) is 5.24. The van der Waals surface area contributed by atoms with Crippen LogP contribution in [0.3, 0.4) is 0 Å². The standard InChI is InChI=1S/C13H26N2O/c1-2-6-12-7-3-4-9-14(12)15-10-5-8-13(15)11-16/h12-13,16H,2-11H2,1H3/t12-,13+/m1/s1. The summed E-state index contributed by atoms with van der Waals surface area (Å²) in [5.41, 5.74) is 0. The number of hydrogen-bond acceptors (Lipinski definition) is 3. The minimum Gasteiger partial charge on any atom is -0.395 e. The van der Waals surface area contributed by atoms with Crippen molar-refractivity contribution in [2.45, 2.75) is 64.0 Å². The van der Waals surface area contributed by atoms with E-state index in [1.807, 2.05) is 0 Å². The molecule has 0 amide bonds. The van der Waals surface area contributed by atoms with E-state index in [2.05, 4.69) is 16.9 Å². The Morgan fingerprint density at radius 2 is 1.69 bits per heavy atom. The van der Waals surface area contributed by atoms with Crippen LogP contribution in [0.5, 0.6) is 0 Å². The summed E-state index contributed by atoms with van der Waals surface area (Å²) in [7, 11) is 0. The van der Waals surface area contributed by atoms with Crippen LogP contribution in [-0.4, -0.2) is 46.9 Å². The molecule has 0 aromatic carbocycles. The smallest absolute Gasteiger partial charge is 0.0600 e. The van der Waals surface area contributed by atoms with E-state index in [1.165, 1.54) is 51.5 Å². The highest BCUT2D eigenvalue weighted by Gasteiger charge is 2.33. The maximum absolute atomic E-state index is 9.41. The summed E-state index contributed by atoms with van der Waals surface area (Å²) in [4.78, 5) is 0. The van der Waals surface area contributed by atoms with Crippen molar-refractivity contribution in [3.63, 3.8) is 0 Å². The van der Waals surface area contributed by atoms with Gasteiger partial charge in [0, 0.05) is 25.2 Å². The Kier molecular flexibility index (Phi) is 4.62. The summed E-state index contributed by atoms with van der Waals surface area (Å²) in [6.45, 7) is 4.97. The maximum Gasteiger partial charge on any atom is 0.0600 e. The normalized spacial score (nSPS) is 33.4. The van der Waals surface area contributed by atoms with Crippen LogP contribution in [0.25, 0.3) is 0 Å². The molecule has 2 fully saturated rings. The summed E-state index contributed by atoms with van der Waals surface area (Å²) in [6.07, 6.45) is 9.08. The Morgan fingerprint density at radius 1 is 1.00 bits per heavy atom. The van der Waals surface area contributed by atoms with Gasteiger partial charge in [-0.15, -0.1) is 0 Å². The van der Waals surface area contributed by atoms with Gasteiger partial charge in [-0.1, -0.05) is 19.8 Å². The zero-order chi connectivity index (χ0) is 11.4. The molecule has 94 valence electrons. The van der Waals surface area contributed by atoms with Crippen LogP contribution in [0, 0.1) is 0 Å². The van der Waals surface area contributed by atoms with Gasteiger partial charge >= 0.3 is 0 Å². The molecule has 0 aromatic rings. The third-order valence-corrected chi connectivity index (χ3v) is 4.10. The van der Waals surface area contributed by atoms with Gasteiger partial charge in [0.15, 0.2) is 0 Å². The van der Waals surface area contributed by atoms with Crippen LogP contribution in [-0.2, 0) is 0 Å². The largest absolute Gasteiger partial charge is 0.395 e. The van der Waals surface area contributed by atoms with Gasteiger partial charge in [0.1, 0.15) is 0 Å². The van der Waals surface area contributed by atoms with Crippen LogP contribution in [0.4, 0.5) is 0 Å². The van der Waals surface area contributed by atoms with Crippen molar-refractivity contribution in [3.05, 3.63) is 0 Å². The molecule has 0 aliphatic carbocycles. The average Bonchev–Trinajstić information content (AvgIpc) is 2.78. The van der Waals surface area contributed by atoms with Crippen LogP contribution in [0.15, 0.2) is 0 Å². The Morgan fingerprint density at radius 3 is 2.44 bits per heavy atom. The van der Waals surface area contributed by atoms with Gasteiger partial charge in [-0.25, -0.2) is 10.0 Å². The van der Waals surface area contributed by atoms with Crippen molar-refractivity contribution < 1.29 is 5.11 Å². The molecule has 0 saturated carbocycles. The van der Waals surface area contributed by atoms with E-state index in [1.54, 1.807) is 0 Å². The summed E-state index contributed by atoms with van der Waals surface area (Å²) >= 11 is 0. The molecule has 16 heavy (non-hydrogen) atoms. The lowest BCUT2D eigenvalue weighted by Crippen LogP contribution is -2.53. The fourth-order valence-electron chi connectivity index (χ4n) is 3.29. The lowest BCUT2D eigenvalue weighted by Gasteiger charge is -2.44. The monoisotopic (exact) mass is 226 g/mol. The third kappa shape index (κ3) is 2.58. The maximum atomic E-state index is 9.41. The SMILES string of the molecule is CCC[C@@H]1CCCCN1N1CCC[C@H]1CO. The molecule has 0 bridgehead atoms. The molecule has 2 atom stereocenters. The van der Waals surface area contributed by atoms with Gasteiger partial charge in [-0.3, -0.25) is 0 Å². The Hall–Kier alpha value is -0.120. The lowest BCUT2D eigenvalue weighted by molar-refractivity contribution is -0.0985. The van der Waals surface area contributed by atoms with Crippen molar-refractivity contribution in [2.24, 2.45) is 0 Å². The highest BCUT2D eigenvalue weighted by atomic mass is 16.3. The number of aliphatic hydroxyl groups is 1. The Bertz CT molecular complexity index is 208. The van der Waals surface area contributed by atoms with Gasteiger partial charge in [0.2, 0.25) is 0 Å². The molecule has 2 aliphatic heterocycles. The number of hydrogen-bond donors (Lipinski definition) is 1. The van der Waals surface area contributed by atoms with Crippen molar-refractivity contribution in [1.29, 1.82) is 0 Å². The van der Waals surface area contributed by atoms with Gasteiger partial charge in [0.25, 0.3) is 0 Å². The fraction of sp³-hybridized carbons (Fsp3) is 1.00. The van der Waals surface area contributed by atoms with E-state index in [9.17, 15) is 5.11 Å². The summed E-state index contributed by atoms with van der Waals surface area (Å²) < 4.78 is 0. The minimum absolute atomic E-state index is 0.329. The molecule has 2 heterocycles. The van der Waals surface area contributed by atoms with Crippen molar-refractivity contribution in [3.8, 4) is 0 Å². The summed E-state index contributed by atoms with van der Waals surface area (Å²) in [5, 5.41) is 14.5. The van der Waals surface area contributed by atoms with Gasteiger partial charge < -0.3 is 5.11 Å². The quantitative estimate of drug-likeness (QED) is 0.794. The topological polar surface area (TPSA) is 26.7 Å². The van der Waals surface area contributed by atoms with E-state index >= 15 is 0 Å². The first-order chi connectivity index (χ1) is 7.86. The zero-order valence-corrected chi connectivity index (χ0v) is 10.6. The molecule has 0 radical (unpaired) electrons. The first-order valence-corrected chi connectivity index (χ1v) is 7.01. The molecule has 0 spiro atoms. The molecule has 3 nitrogen and oxygen atoms in total. The number of nitrogens with zero attached hydrogens (tertiary/aromatic N) is 2. The Labute approximate surface area is 99.4 Å². The van der Waals surface area contributed by atoms with Gasteiger partial charge in [-0.05, 0) is 32.1 Å². The van der Waals surface area contributed by atoms with Crippen molar-refractivity contribution in [1.82, 2.24) is 10.0 Å². The molecule has 0 unspecified atom stereocenters. The Balaban J connectivity index is 1.98. The second-order valence-corrected chi connectivity index (χ2v) is 5.24. The zero-order valence-electron chi connectivity index (χ0n) is 10.6. The second kappa shape index (κ2) is 5.99. The number of aliphatic hydroxyl groups excluding tert-OH is 1. The van der Waals surface area contributed by atoms with E-state index in [0.29, 0.717) is 12.6 Å². The van der Waals surface area contributed by atoms with Crippen molar-refractivity contribution >= 4 is 0 Å². The van der Waals surface area contributed by atoms with Crippen LogP contribution in [0.2, 0.25) is 0 Å². The molecule has 2 aliphatic rings. The van der Waals surface area contributed by atoms with E-state index in [-0.39, 0.29) is 0 Å². The number of hydrazine groups is 1. The number of rotatable bonds is 4. The average molecular weight is 226 g/mol. The van der Waals surface area contributed by atoms with Gasteiger partial charge in [0.05, 0.1) is 6.61 Å². The lowest BCUT2D eigenvalue weighted by atomic mass is 10.00. The predicted molar refractivity (Wildman–Crippen MR) is 66.1 cm³/mol. The van der Waals surface area contributed by atoms with Crippen molar-refractivity contribution in [2.75, 3.05) is 19.7 Å². The molecule has 1 N–H and O–H groups in total. The summed E-state index contributed by atoms with van der Waals surface area (Å²) in [6, 6.07) is 1.14. The van der Waals surface area contributed by atoms with Crippen LogP contribution >= 0.6 is 0 Å². The molecular formula is C13H26N2O. The first kappa shape index (κ1) is 12.3. The highest BCUT2D eigenvalue weighted by molar-refractivity contribution is 4.82. The number of piperidine rings is 1. The highest BCUT2D eigenvalue weighted by Crippen LogP contribution is 2.28. The molecular weight excluding hydrogens is 200 g/mol. The van der Waals surface area contributed by atoms with Gasteiger partial charge in [-0.2, -0.15) is 0 Å². The van der Waals surface area contributed by atoms with Crippen LogP contribution < -0.4 is 0 Å². The molecule has 0 aromatic heterocycles. The van der Waals surface area contributed by atoms with E-state index < -0.39 is 0 Å². The summed E-state index contributed by atoms with van der Waals surface area (Å²) in [5.74, 6) is 0.